The van der Waals surface area contributed by atoms with E-state index < -0.39 is 5.91 Å². The number of carbonyl (C=O) groups is 2. The van der Waals surface area contributed by atoms with Crippen molar-refractivity contribution in [2.75, 3.05) is 5.75 Å². The van der Waals surface area contributed by atoms with E-state index in [-0.39, 0.29) is 5.78 Å². The van der Waals surface area contributed by atoms with Crippen LogP contribution in [0.4, 0.5) is 0 Å². The zero-order valence-electron chi connectivity index (χ0n) is 5.95. The van der Waals surface area contributed by atoms with Gasteiger partial charge in [0.2, 0.25) is 5.78 Å². The van der Waals surface area contributed by atoms with Gasteiger partial charge in [-0.2, -0.15) is 0 Å². The molecule has 0 aliphatic carbocycles. The normalized spacial score (nSPS) is 18.7. The first-order valence-electron chi connectivity index (χ1n) is 3.21. The Morgan fingerprint density at radius 3 is 2.91 bits per heavy atom. The van der Waals surface area contributed by atoms with E-state index in [1.54, 1.807) is 0 Å². The topological polar surface area (TPSA) is 37.4 Å². The van der Waals surface area contributed by atoms with E-state index in [2.05, 4.69) is 6.58 Å². The van der Waals surface area contributed by atoms with Crippen molar-refractivity contribution in [3.8, 4) is 0 Å². The molecule has 0 unspecified atom stereocenters. The molecule has 0 aromatic carbocycles. The van der Waals surface area contributed by atoms with Crippen LogP contribution in [0.15, 0.2) is 12.7 Å². The highest BCUT2D eigenvalue weighted by Gasteiger charge is 2.26. The van der Waals surface area contributed by atoms with Crippen molar-refractivity contribution < 1.29 is 9.59 Å². The van der Waals surface area contributed by atoms with Crippen LogP contribution in [-0.4, -0.2) is 21.7 Å². The lowest BCUT2D eigenvalue weighted by atomic mass is 10.3. The second kappa shape index (κ2) is 3.57. The van der Waals surface area contributed by atoms with Gasteiger partial charge in [0, 0.05) is 12.2 Å². The first-order valence-corrected chi connectivity index (χ1v) is 4.15. The van der Waals surface area contributed by atoms with Gasteiger partial charge in [0.1, 0.15) is 0 Å². The van der Waals surface area contributed by atoms with E-state index in [0.29, 0.717) is 12.2 Å². The Morgan fingerprint density at radius 2 is 2.27 bits per heavy atom. The van der Waals surface area contributed by atoms with Gasteiger partial charge in [0.15, 0.2) is 0 Å². The number of nitrogens with zero attached hydrogens (tertiary/aromatic N) is 1. The summed E-state index contributed by atoms with van der Waals surface area (Å²) in [6.45, 7) is 4.94. The van der Waals surface area contributed by atoms with Crippen molar-refractivity contribution in [2.24, 2.45) is 0 Å². The number of carbonyl (C=O) groups excluding carboxylic acids is 2. The van der Waals surface area contributed by atoms with Crippen molar-refractivity contribution in [1.29, 1.82) is 0 Å². The van der Waals surface area contributed by atoms with Crippen molar-refractivity contribution in [1.82, 2.24) is 4.31 Å². The third kappa shape index (κ3) is 1.83. The molecule has 1 radical (unpaired) electrons. The molecule has 0 aromatic heterocycles. The molecule has 59 valence electrons. The molecule has 11 heavy (non-hydrogen) atoms. The maximum atomic E-state index is 11.0. The average molecular weight is 170 g/mol. The van der Waals surface area contributed by atoms with Gasteiger partial charge in [-0.05, 0) is 11.9 Å². The molecule has 0 bridgehead atoms. The molecule has 1 saturated heterocycles. The number of amides is 1. The fourth-order valence-electron chi connectivity index (χ4n) is 0.732. The van der Waals surface area contributed by atoms with E-state index >= 15 is 0 Å². The Balaban J connectivity index is 2.58. The molecule has 1 aliphatic rings. The zero-order chi connectivity index (χ0) is 8.27. The Hall–Kier alpha value is -0.770. The minimum atomic E-state index is -0.443. The lowest BCUT2D eigenvalue weighted by molar-refractivity contribution is -0.140. The highest BCUT2D eigenvalue weighted by molar-refractivity contribution is 7.97. The Labute approximate surface area is 69.6 Å². The highest BCUT2D eigenvalue weighted by atomic mass is 32.2. The van der Waals surface area contributed by atoms with Crippen LogP contribution in [0, 0.1) is 6.54 Å². The van der Waals surface area contributed by atoms with Gasteiger partial charge >= 0.3 is 0 Å². The van der Waals surface area contributed by atoms with Gasteiger partial charge < -0.3 is 0 Å². The zero-order valence-corrected chi connectivity index (χ0v) is 6.76. The number of hydrogen-bond donors (Lipinski definition) is 0. The van der Waals surface area contributed by atoms with Crippen LogP contribution < -0.4 is 0 Å². The maximum absolute atomic E-state index is 11.0. The van der Waals surface area contributed by atoms with E-state index in [9.17, 15) is 9.59 Å². The minimum absolute atomic E-state index is 0.318. The summed E-state index contributed by atoms with van der Waals surface area (Å²) < 4.78 is 1.32. The highest BCUT2D eigenvalue weighted by Crippen LogP contribution is 2.19. The van der Waals surface area contributed by atoms with Gasteiger partial charge in [0.05, 0.1) is 6.54 Å². The summed E-state index contributed by atoms with van der Waals surface area (Å²) >= 11 is 1.34. The number of ketones is 1. The van der Waals surface area contributed by atoms with Crippen LogP contribution in [0.5, 0.6) is 0 Å². The summed E-state index contributed by atoms with van der Waals surface area (Å²) in [5.74, 6) is -0.0856. The maximum Gasteiger partial charge on any atom is 0.300 e. The summed E-state index contributed by atoms with van der Waals surface area (Å²) in [5.41, 5.74) is 0. The molecule has 0 N–H and O–H groups in total. The van der Waals surface area contributed by atoms with Crippen LogP contribution in [0.2, 0.25) is 0 Å². The van der Waals surface area contributed by atoms with Gasteiger partial charge in [0.25, 0.3) is 5.91 Å². The molecule has 1 rings (SSSR count). The molecule has 0 saturated carbocycles. The minimum Gasteiger partial charge on any atom is -0.289 e. The first kappa shape index (κ1) is 8.33. The summed E-state index contributed by atoms with van der Waals surface area (Å²) in [5, 5.41) is 0. The monoisotopic (exact) mass is 170 g/mol. The van der Waals surface area contributed by atoms with Crippen molar-refractivity contribution in [3.63, 3.8) is 0 Å². The van der Waals surface area contributed by atoms with E-state index in [1.165, 1.54) is 28.9 Å². The van der Waals surface area contributed by atoms with Crippen molar-refractivity contribution >= 4 is 23.6 Å². The van der Waals surface area contributed by atoms with Gasteiger partial charge in [-0.25, -0.2) is 0 Å². The molecule has 0 atom stereocenters. The Bertz CT molecular complexity index is 203. The SMILES string of the molecule is C=C[CH]N1SCCC(=O)C1=O. The predicted molar refractivity (Wildman–Crippen MR) is 43.4 cm³/mol. The average Bonchev–Trinajstić information content (AvgIpc) is 1.99. The largest absolute Gasteiger partial charge is 0.300 e. The molecule has 0 spiro atoms. The molecule has 3 nitrogen and oxygen atoms in total. The quantitative estimate of drug-likeness (QED) is 0.454. The van der Waals surface area contributed by atoms with Crippen LogP contribution in [0.1, 0.15) is 6.42 Å². The number of rotatable bonds is 2. The van der Waals surface area contributed by atoms with Crippen LogP contribution in [0.25, 0.3) is 0 Å². The smallest absolute Gasteiger partial charge is 0.289 e. The second-order valence-corrected chi connectivity index (χ2v) is 3.08. The number of Topliss-reactive ketones (excluding diaryl/α,β-unsaturated/α-hetero) is 1. The summed E-state index contributed by atoms with van der Waals surface area (Å²) in [7, 11) is 0. The molecule has 1 fully saturated rings. The lowest BCUT2D eigenvalue weighted by Gasteiger charge is -2.21. The third-order valence-corrected chi connectivity index (χ3v) is 2.19. The summed E-state index contributed by atoms with van der Waals surface area (Å²) in [4.78, 5) is 21.8. The van der Waals surface area contributed by atoms with Crippen LogP contribution in [0.3, 0.4) is 0 Å². The predicted octanol–water partition coefficient (Wildman–Crippen LogP) is 0.784. The fourth-order valence-corrected chi connectivity index (χ4v) is 1.60. The molecule has 0 aromatic rings. The first-order chi connectivity index (χ1) is 5.25. The van der Waals surface area contributed by atoms with Crippen molar-refractivity contribution in [3.05, 3.63) is 19.2 Å². The number of hydrogen-bond acceptors (Lipinski definition) is 3. The second-order valence-electron chi connectivity index (χ2n) is 2.02. The molecule has 4 heteroatoms. The third-order valence-electron chi connectivity index (χ3n) is 1.24. The van der Waals surface area contributed by atoms with Crippen LogP contribution in [-0.2, 0) is 9.59 Å². The van der Waals surface area contributed by atoms with Crippen LogP contribution >= 0.6 is 11.9 Å². The van der Waals surface area contributed by atoms with Gasteiger partial charge in [-0.1, -0.05) is 6.08 Å². The summed E-state index contributed by atoms with van der Waals surface area (Å²) in [6, 6.07) is 0. The van der Waals surface area contributed by atoms with E-state index in [0.717, 1.165) is 0 Å². The molecule has 1 heterocycles. The van der Waals surface area contributed by atoms with E-state index in [4.69, 9.17) is 0 Å². The molecular formula is C7H8NO2S. The Kier molecular flexibility index (Phi) is 2.70. The molecule has 1 aliphatic heterocycles. The Morgan fingerprint density at radius 1 is 1.55 bits per heavy atom. The van der Waals surface area contributed by atoms with Gasteiger partial charge in [-0.15, -0.1) is 6.58 Å². The lowest BCUT2D eigenvalue weighted by Crippen LogP contribution is -2.33. The van der Waals surface area contributed by atoms with E-state index in [1.807, 2.05) is 0 Å². The molecule has 1 amide bonds. The summed E-state index contributed by atoms with van der Waals surface area (Å²) in [6.07, 6.45) is 1.84. The fraction of sp³-hybridized carbons (Fsp3) is 0.286. The van der Waals surface area contributed by atoms with Crippen molar-refractivity contribution in [2.45, 2.75) is 6.42 Å². The van der Waals surface area contributed by atoms with Gasteiger partial charge in [-0.3, -0.25) is 13.9 Å². The molecular weight excluding hydrogens is 162 g/mol. The standard InChI is InChI=1S/C7H8NO2S/c1-2-4-8-7(10)6(9)3-5-11-8/h2,4H,1,3,5H2.